The van der Waals surface area contributed by atoms with E-state index in [4.69, 9.17) is 0 Å². The fourth-order valence-electron chi connectivity index (χ4n) is 2.15. The summed E-state index contributed by atoms with van der Waals surface area (Å²) in [5, 5.41) is 14.8. The maximum absolute atomic E-state index is 12.9. The monoisotopic (exact) mass is 323 g/mol. The number of anilines is 2. The second-order valence-electron chi connectivity index (χ2n) is 5.52. The van der Waals surface area contributed by atoms with Crippen molar-refractivity contribution in [3.05, 3.63) is 71.7 Å². The van der Waals surface area contributed by atoms with Gasteiger partial charge in [-0.3, -0.25) is 4.79 Å². The first-order valence-corrected chi connectivity index (χ1v) is 7.54. The third-order valence-electron chi connectivity index (χ3n) is 3.42. The molecule has 4 nitrogen and oxygen atoms in total. The molecule has 0 heterocycles. The van der Waals surface area contributed by atoms with E-state index in [0.717, 1.165) is 5.56 Å². The predicted molar refractivity (Wildman–Crippen MR) is 92.9 cm³/mol. The number of rotatable bonds is 5. The summed E-state index contributed by atoms with van der Waals surface area (Å²) in [5.41, 5.74) is 2.19. The van der Waals surface area contributed by atoms with Crippen molar-refractivity contribution in [1.29, 1.82) is 5.26 Å². The average molecular weight is 323 g/mol. The lowest BCUT2D eigenvalue weighted by atomic mass is 10.0. The Labute approximate surface area is 140 Å². The predicted octanol–water partition coefficient (Wildman–Crippen LogP) is 4.41. The molecule has 0 unspecified atom stereocenters. The van der Waals surface area contributed by atoms with Crippen LogP contribution in [0.15, 0.2) is 60.3 Å². The first-order chi connectivity index (χ1) is 11.5. The van der Waals surface area contributed by atoms with Crippen molar-refractivity contribution in [3.8, 4) is 6.07 Å². The van der Waals surface area contributed by atoms with Crippen LogP contribution in [-0.2, 0) is 4.79 Å². The molecule has 0 aliphatic heterocycles. The fourth-order valence-corrected chi connectivity index (χ4v) is 2.15. The summed E-state index contributed by atoms with van der Waals surface area (Å²) in [6.45, 7) is 4.06. The van der Waals surface area contributed by atoms with Crippen molar-refractivity contribution in [2.45, 2.75) is 19.8 Å². The van der Waals surface area contributed by atoms with Crippen molar-refractivity contribution in [3.63, 3.8) is 0 Å². The number of halogens is 1. The van der Waals surface area contributed by atoms with Gasteiger partial charge < -0.3 is 10.6 Å². The van der Waals surface area contributed by atoms with E-state index in [1.165, 1.54) is 30.5 Å². The van der Waals surface area contributed by atoms with Crippen LogP contribution in [0.4, 0.5) is 15.8 Å². The van der Waals surface area contributed by atoms with Gasteiger partial charge in [0.2, 0.25) is 0 Å². The average Bonchev–Trinajstić information content (AvgIpc) is 2.57. The highest BCUT2D eigenvalue weighted by atomic mass is 19.1. The largest absolute Gasteiger partial charge is 0.360 e. The van der Waals surface area contributed by atoms with E-state index in [1.54, 1.807) is 6.07 Å². The zero-order valence-electron chi connectivity index (χ0n) is 13.5. The van der Waals surface area contributed by atoms with Gasteiger partial charge in [-0.1, -0.05) is 32.0 Å². The second kappa shape index (κ2) is 7.93. The molecule has 0 radical (unpaired) electrons. The first kappa shape index (κ1) is 17.2. The van der Waals surface area contributed by atoms with Crippen molar-refractivity contribution in [2.75, 3.05) is 10.6 Å². The molecule has 0 aliphatic carbocycles. The van der Waals surface area contributed by atoms with Gasteiger partial charge in [0.25, 0.3) is 5.91 Å². The number of nitrogens with zero attached hydrogens (tertiary/aromatic N) is 1. The van der Waals surface area contributed by atoms with Gasteiger partial charge in [-0.2, -0.15) is 5.26 Å². The van der Waals surface area contributed by atoms with Crippen molar-refractivity contribution in [2.24, 2.45) is 0 Å². The number of nitriles is 1. The summed E-state index contributed by atoms with van der Waals surface area (Å²) in [6, 6.07) is 15.0. The van der Waals surface area contributed by atoms with E-state index in [1.807, 2.05) is 38.1 Å². The molecular formula is C19H18FN3O. The lowest BCUT2D eigenvalue weighted by molar-refractivity contribution is -0.112. The second-order valence-corrected chi connectivity index (χ2v) is 5.52. The quantitative estimate of drug-likeness (QED) is 0.633. The van der Waals surface area contributed by atoms with Crippen LogP contribution >= 0.6 is 0 Å². The Balaban J connectivity index is 2.13. The van der Waals surface area contributed by atoms with Gasteiger partial charge in [-0.25, -0.2) is 4.39 Å². The minimum absolute atomic E-state index is 0.0714. The summed E-state index contributed by atoms with van der Waals surface area (Å²) >= 11 is 0. The fraction of sp³-hybridized carbons (Fsp3) is 0.158. The van der Waals surface area contributed by atoms with Crippen LogP contribution in [0, 0.1) is 17.1 Å². The molecule has 122 valence electrons. The molecular weight excluding hydrogens is 305 g/mol. The number of carbonyl (C=O) groups excluding carboxylic acids is 1. The van der Waals surface area contributed by atoms with Gasteiger partial charge >= 0.3 is 0 Å². The van der Waals surface area contributed by atoms with Gasteiger partial charge in [0, 0.05) is 17.6 Å². The molecule has 5 heteroatoms. The van der Waals surface area contributed by atoms with Crippen molar-refractivity contribution in [1.82, 2.24) is 0 Å². The number of nitrogens with one attached hydrogen (secondary N) is 2. The molecule has 0 spiro atoms. The molecule has 0 bridgehead atoms. The molecule has 2 N–H and O–H groups in total. The number of para-hydroxylation sites is 1. The zero-order valence-corrected chi connectivity index (χ0v) is 13.5. The number of hydrogen-bond acceptors (Lipinski definition) is 3. The summed E-state index contributed by atoms with van der Waals surface area (Å²) in [7, 11) is 0. The standard InChI is InChI=1S/C19H18FN3O/c1-13(2)17-5-3-4-6-18(17)23-19(24)14(11-21)12-22-16-9-7-15(20)8-10-16/h3-10,12-13,22H,1-2H3,(H,23,24)/b14-12-. The van der Waals surface area contributed by atoms with Gasteiger partial charge in [-0.05, 0) is 41.8 Å². The minimum Gasteiger partial charge on any atom is -0.360 e. The molecule has 0 fully saturated rings. The van der Waals surface area contributed by atoms with Crippen LogP contribution in [0.25, 0.3) is 0 Å². The van der Waals surface area contributed by atoms with E-state index in [-0.39, 0.29) is 17.3 Å². The molecule has 0 saturated carbocycles. The normalized spacial score (nSPS) is 11.0. The summed E-state index contributed by atoms with van der Waals surface area (Å²) in [5.74, 6) is -0.610. The van der Waals surface area contributed by atoms with Gasteiger partial charge in [0.15, 0.2) is 0 Å². The zero-order chi connectivity index (χ0) is 17.5. The van der Waals surface area contributed by atoms with Gasteiger partial charge in [0.05, 0.1) is 0 Å². The van der Waals surface area contributed by atoms with Crippen molar-refractivity contribution < 1.29 is 9.18 Å². The molecule has 0 saturated heterocycles. The SMILES string of the molecule is CC(C)c1ccccc1NC(=O)/C(C#N)=C\Nc1ccc(F)cc1. The lowest BCUT2D eigenvalue weighted by Crippen LogP contribution is -2.16. The van der Waals surface area contributed by atoms with Crippen LogP contribution in [0.1, 0.15) is 25.3 Å². The molecule has 2 aromatic rings. The number of benzene rings is 2. The third-order valence-corrected chi connectivity index (χ3v) is 3.42. The highest BCUT2D eigenvalue weighted by molar-refractivity contribution is 6.07. The molecule has 24 heavy (non-hydrogen) atoms. The summed E-state index contributed by atoms with van der Waals surface area (Å²) in [6.07, 6.45) is 1.31. The Morgan fingerprint density at radius 1 is 1.17 bits per heavy atom. The Morgan fingerprint density at radius 3 is 2.46 bits per heavy atom. The van der Waals surface area contributed by atoms with Crippen molar-refractivity contribution >= 4 is 17.3 Å². The first-order valence-electron chi connectivity index (χ1n) is 7.54. The minimum atomic E-state index is -0.500. The molecule has 0 atom stereocenters. The molecule has 2 aromatic carbocycles. The van der Waals surface area contributed by atoms with E-state index in [0.29, 0.717) is 11.4 Å². The summed E-state index contributed by atoms with van der Waals surface area (Å²) in [4.78, 5) is 12.3. The van der Waals surface area contributed by atoms with E-state index < -0.39 is 5.91 Å². The smallest absolute Gasteiger partial charge is 0.267 e. The topological polar surface area (TPSA) is 64.9 Å². The van der Waals surface area contributed by atoms with Crippen LogP contribution in [-0.4, -0.2) is 5.91 Å². The third kappa shape index (κ3) is 4.43. The van der Waals surface area contributed by atoms with E-state index >= 15 is 0 Å². The summed E-state index contributed by atoms with van der Waals surface area (Å²) < 4.78 is 12.9. The molecule has 0 aromatic heterocycles. The number of hydrogen-bond donors (Lipinski definition) is 2. The van der Waals surface area contributed by atoms with E-state index in [9.17, 15) is 14.4 Å². The van der Waals surface area contributed by atoms with Crippen LogP contribution < -0.4 is 10.6 Å². The maximum Gasteiger partial charge on any atom is 0.267 e. The molecule has 2 rings (SSSR count). The highest BCUT2D eigenvalue weighted by Crippen LogP contribution is 2.24. The number of carbonyl (C=O) groups is 1. The van der Waals surface area contributed by atoms with Crippen LogP contribution in [0.3, 0.4) is 0 Å². The van der Waals surface area contributed by atoms with Gasteiger partial charge in [-0.15, -0.1) is 0 Å². The van der Waals surface area contributed by atoms with Crippen LogP contribution in [0.5, 0.6) is 0 Å². The van der Waals surface area contributed by atoms with Gasteiger partial charge in [0.1, 0.15) is 17.5 Å². The Bertz CT molecular complexity index is 789. The molecule has 1 amide bonds. The van der Waals surface area contributed by atoms with Crippen LogP contribution in [0.2, 0.25) is 0 Å². The molecule has 0 aliphatic rings. The Kier molecular flexibility index (Phi) is 5.69. The van der Waals surface area contributed by atoms with E-state index in [2.05, 4.69) is 10.6 Å². The Hall–Kier alpha value is -3.13. The highest BCUT2D eigenvalue weighted by Gasteiger charge is 2.12. The lowest BCUT2D eigenvalue weighted by Gasteiger charge is -2.13. The maximum atomic E-state index is 12.9. The number of amides is 1. The Morgan fingerprint density at radius 2 is 1.83 bits per heavy atom.